The number of aryl methyl sites for hydroxylation is 1. The summed E-state index contributed by atoms with van der Waals surface area (Å²) in [6.07, 6.45) is 2.57. The lowest BCUT2D eigenvalue weighted by Gasteiger charge is -2.31. The normalized spacial score (nSPS) is 15.2. The fourth-order valence-electron chi connectivity index (χ4n) is 8.74. The van der Waals surface area contributed by atoms with Crippen LogP contribution in [-0.2, 0) is 50.8 Å². The van der Waals surface area contributed by atoms with E-state index in [4.69, 9.17) is 30.3 Å². The summed E-state index contributed by atoms with van der Waals surface area (Å²) in [5.74, 6) is -1.42. The van der Waals surface area contributed by atoms with Gasteiger partial charge in [0.25, 0.3) is 11.5 Å². The summed E-state index contributed by atoms with van der Waals surface area (Å²) in [5, 5.41) is 42.5. The molecule has 0 radical (unpaired) electrons. The number of fused-ring (bicyclic) bond motifs is 6. The number of phenolic OH excluding ortho intramolecular Hbond substituents is 2. The topological polar surface area (TPSA) is 236 Å². The highest BCUT2D eigenvalue weighted by atomic mass is 16.6. The van der Waals surface area contributed by atoms with Crippen molar-refractivity contribution in [3.63, 3.8) is 0 Å². The fourth-order valence-corrected chi connectivity index (χ4v) is 8.74. The van der Waals surface area contributed by atoms with E-state index in [0.717, 1.165) is 38.4 Å². The molecule has 8 rings (SSSR count). The van der Waals surface area contributed by atoms with E-state index in [1.165, 1.54) is 11.0 Å². The number of benzene rings is 3. The van der Waals surface area contributed by atoms with E-state index in [9.17, 15) is 34.5 Å². The van der Waals surface area contributed by atoms with E-state index < -0.39 is 17.6 Å². The summed E-state index contributed by atoms with van der Waals surface area (Å²) >= 11 is 0. The Bertz CT molecular complexity index is 2990. The number of amidine groups is 1. The van der Waals surface area contributed by atoms with Gasteiger partial charge in [-0.25, -0.2) is 19.5 Å². The van der Waals surface area contributed by atoms with Crippen molar-refractivity contribution >= 4 is 51.2 Å². The van der Waals surface area contributed by atoms with Gasteiger partial charge in [-0.05, 0) is 84.5 Å². The van der Waals surface area contributed by atoms with Gasteiger partial charge < -0.3 is 49.3 Å². The molecular formula is C48H51N7O10. The first-order chi connectivity index (χ1) is 31.1. The van der Waals surface area contributed by atoms with Crippen LogP contribution in [0.3, 0.4) is 0 Å². The molecule has 2 aliphatic heterocycles. The minimum absolute atomic E-state index is 0.0514. The van der Waals surface area contributed by atoms with Gasteiger partial charge in [0.2, 0.25) is 0 Å². The van der Waals surface area contributed by atoms with Gasteiger partial charge in [0.1, 0.15) is 29.7 Å². The number of esters is 1. The standard InChI is InChI=1S/C48H51N7O10/c1-6-30-32-19-29(9-10-37(32)51-43-34(30)23-54-39(43)21-36-35(45(54)59)24-65-46(60)48(36,62)7-2)64-25-42(58)52(5)14-16-63-17-15-53-13-12-27-18-28(8-11-38(27)53)55(47(50)61)44(49)33-20-31(26(3)4)40(56)22-41(33)57/h8-13,18-22,26,49,56-57,62H,6-7,14-17,23-25H2,1-5H3,(H2,50,61)/t48-/m1/s1. The maximum Gasteiger partial charge on any atom is 0.343 e. The molecule has 3 amide bonds. The molecule has 338 valence electrons. The number of aliphatic hydroxyl groups is 1. The van der Waals surface area contributed by atoms with Crippen LogP contribution in [-0.4, -0.2) is 91.5 Å². The molecule has 0 bridgehead atoms. The first kappa shape index (κ1) is 44.4. The summed E-state index contributed by atoms with van der Waals surface area (Å²) in [6.45, 7) is 8.76. The van der Waals surface area contributed by atoms with E-state index in [0.29, 0.717) is 60.0 Å². The zero-order valence-electron chi connectivity index (χ0n) is 36.8. The number of hydrogen-bond donors (Lipinski definition) is 5. The number of amides is 3. The molecule has 65 heavy (non-hydrogen) atoms. The first-order valence-electron chi connectivity index (χ1n) is 21.5. The Morgan fingerprint density at radius 3 is 2.52 bits per heavy atom. The molecule has 6 aromatic rings. The molecule has 0 saturated heterocycles. The van der Waals surface area contributed by atoms with Gasteiger partial charge >= 0.3 is 12.0 Å². The number of hydrogen-bond acceptors (Lipinski definition) is 12. The third-order valence-corrected chi connectivity index (χ3v) is 12.4. The Hall–Kier alpha value is -7.24. The van der Waals surface area contributed by atoms with Crippen molar-refractivity contribution in [2.75, 3.05) is 38.3 Å². The quantitative estimate of drug-likeness (QED) is 0.0390. The second-order valence-electron chi connectivity index (χ2n) is 16.6. The number of urea groups is 1. The molecule has 0 spiro atoms. The van der Waals surface area contributed by atoms with Gasteiger partial charge in [0.15, 0.2) is 12.2 Å². The number of carbonyl (C=O) groups is 3. The van der Waals surface area contributed by atoms with Crippen LogP contribution in [0.4, 0.5) is 10.5 Å². The number of cyclic esters (lactones) is 1. The van der Waals surface area contributed by atoms with Crippen LogP contribution in [0.25, 0.3) is 33.2 Å². The second-order valence-corrected chi connectivity index (χ2v) is 16.6. The fraction of sp³-hybridized carbons (Fsp3) is 0.333. The Labute approximate surface area is 373 Å². The number of anilines is 1. The van der Waals surface area contributed by atoms with Crippen LogP contribution in [0.1, 0.15) is 73.4 Å². The number of pyridine rings is 2. The van der Waals surface area contributed by atoms with Crippen molar-refractivity contribution in [1.29, 1.82) is 5.41 Å². The van der Waals surface area contributed by atoms with Crippen LogP contribution in [0.15, 0.2) is 71.7 Å². The van der Waals surface area contributed by atoms with Crippen LogP contribution in [0, 0.1) is 5.41 Å². The maximum atomic E-state index is 13.7. The molecule has 5 heterocycles. The van der Waals surface area contributed by atoms with Crippen molar-refractivity contribution in [2.45, 2.75) is 71.8 Å². The van der Waals surface area contributed by atoms with E-state index >= 15 is 0 Å². The average Bonchev–Trinajstić information content (AvgIpc) is 3.86. The van der Waals surface area contributed by atoms with Gasteiger partial charge in [0.05, 0.1) is 53.5 Å². The van der Waals surface area contributed by atoms with Crippen LogP contribution in [0.5, 0.6) is 17.2 Å². The van der Waals surface area contributed by atoms with Crippen molar-refractivity contribution < 1.29 is 43.9 Å². The van der Waals surface area contributed by atoms with Crippen LogP contribution < -0.4 is 20.9 Å². The highest BCUT2D eigenvalue weighted by Gasteiger charge is 2.45. The van der Waals surface area contributed by atoms with E-state index in [-0.39, 0.29) is 84.2 Å². The molecule has 0 unspecified atom stereocenters. The van der Waals surface area contributed by atoms with Crippen molar-refractivity contribution in [3.8, 4) is 28.6 Å². The zero-order valence-corrected chi connectivity index (χ0v) is 36.8. The van der Waals surface area contributed by atoms with Gasteiger partial charge in [0, 0.05) is 59.8 Å². The molecule has 0 saturated carbocycles. The number of rotatable bonds is 14. The smallest absolute Gasteiger partial charge is 0.343 e. The molecule has 1 atom stereocenters. The number of primary amides is 1. The van der Waals surface area contributed by atoms with E-state index in [1.807, 2.05) is 49.7 Å². The predicted molar refractivity (Wildman–Crippen MR) is 243 cm³/mol. The van der Waals surface area contributed by atoms with Crippen LogP contribution >= 0.6 is 0 Å². The Kier molecular flexibility index (Phi) is 11.9. The molecule has 6 N–H and O–H groups in total. The number of nitrogens with one attached hydrogen (secondary N) is 1. The minimum atomic E-state index is -1.91. The lowest BCUT2D eigenvalue weighted by molar-refractivity contribution is -0.172. The van der Waals surface area contributed by atoms with Gasteiger partial charge in [-0.1, -0.05) is 27.7 Å². The van der Waals surface area contributed by atoms with Crippen molar-refractivity contribution in [1.82, 2.24) is 19.0 Å². The number of ether oxygens (including phenoxy) is 3. The predicted octanol–water partition coefficient (Wildman–Crippen LogP) is 5.60. The lowest BCUT2D eigenvalue weighted by atomic mass is 9.86. The SMILES string of the molecule is CCc1c2c(nc3ccc(OCC(=O)N(C)CCOCCn4ccc5cc(N(C(=N)c6cc(C(C)C)c(O)cc6O)C(N)=O)ccc54)cc13)-c1cc3c(c(=O)n1C2)COC(=O)[C@@]3(O)CC. The van der Waals surface area contributed by atoms with E-state index in [2.05, 4.69) is 0 Å². The number of aromatic hydroxyl groups is 2. The molecule has 17 heteroatoms. The van der Waals surface area contributed by atoms with Gasteiger partial charge in [-0.3, -0.25) is 15.0 Å². The molecule has 3 aromatic heterocycles. The third kappa shape index (κ3) is 7.90. The number of likely N-dealkylation sites (N-methyl/N-ethyl adjacent to an activating group) is 1. The summed E-state index contributed by atoms with van der Waals surface area (Å²) in [5.41, 5.74) is 9.47. The van der Waals surface area contributed by atoms with Crippen molar-refractivity contribution in [3.05, 3.63) is 111 Å². The highest BCUT2D eigenvalue weighted by Crippen LogP contribution is 2.41. The number of aromatic nitrogens is 3. The van der Waals surface area contributed by atoms with Crippen molar-refractivity contribution in [2.24, 2.45) is 5.73 Å². The number of carbonyl (C=O) groups excluding carboxylic acids is 3. The summed E-state index contributed by atoms with van der Waals surface area (Å²) < 4.78 is 20.7. The Morgan fingerprint density at radius 2 is 1.80 bits per heavy atom. The molecule has 17 nitrogen and oxygen atoms in total. The van der Waals surface area contributed by atoms with Crippen LogP contribution in [0.2, 0.25) is 0 Å². The summed E-state index contributed by atoms with van der Waals surface area (Å²) in [7, 11) is 1.68. The third-order valence-electron chi connectivity index (χ3n) is 12.4. The Morgan fingerprint density at radius 1 is 1.02 bits per heavy atom. The number of phenols is 2. The number of nitrogens with two attached hydrogens (primary N) is 1. The summed E-state index contributed by atoms with van der Waals surface area (Å²) in [4.78, 5) is 59.5. The molecule has 0 aliphatic carbocycles. The lowest BCUT2D eigenvalue weighted by Crippen LogP contribution is -2.44. The molecule has 3 aromatic carbocycles. The minimum Gasteiger partial charge on any atom is -0.508 e. The van der Waals surface area contributed by atoms with E-state index in [1.54, 1.807) is 48.9 Å². The number of nitrogens with zero attached hydrogens (tertiary/aromatic N) is 5. The first-order valence-corrected chi connectivity index (χ1v) is 21.5. The maximum absolute atomic E-state index is 13.7. The molecule has 2 aliphatic rings. The Balaban J connectivity index is 0.861. The van der Waals surface area contributed by atoms with Gasteiger partial charge in [-0.2, -0.15) is 0 Å². The monoisotopic (exact) mass is 885 g/mol. The highest BCUT2D eigenvalue weighted by molar-refractivity contribution is 6.22. The molecular weight excluding hydrogens is 835 g/mol. The molecule has 0 fully saturated rings. The van der Waals surface area contributed by atoms with Gasteiger partial charge in [-0.15, -0.1) is 0 Å². The average molecular weight is 886 g/mol. The second kappa shape index (κ2) is 17.4. The summed E-state index contributed by atoms with van der Waals surface area (Å²) in [6, 6.07) is 15.9. The largest absolute Gasteiger partial charge is 0.508 e. The zero-order chi connectivity index (χ0) is 46.5.